The fourth-order valence-electron chi connectivity index (χ4n) is 2.62. The lowest BCUT2D eigenvalue weighted by atomic mass is 10.0. The Morgan fingerprint density at radius 1 is 1.26 bits per heavy atom. The van der Waals surface area contributed by atoms with Gasteiger partial charge in [-0.3, -0.25) is 4.79 Å². The van der Waals surface area contributed by atoms with E-state index in [0.717, 1.165) is 19.6 Å². The summed E-state index contributed by atoms with van der Waals surface area (Å²) in [7, 11) is 0. The average molecular weight is 262 g/mol. The maximum atomic E-state index is 11.7. The van der Waals surface area contributed by atoms with Gasteiger partial charge in [0.25, 0.3) is 0 Å². The van der Waals surface area contributed by atoms with E-state index in [1.807, 2.05) is 25.1 Å². The SMILES string of the molecule is CCC(=O)N[C@H](CN1CCCCC1)c1ccccc1.[HH]. The van der Waals surface area contributed by atoms with E-state index >= 15 is 0 Å². The quantitative estimate of drug-likeness (QED) is 0.884. The fraction of sp³-hybridized carbons (Fsp3) is 0.562. The first kappa shape index (κ1) is 14.1. The molecule has 19 heavy (non-hydrogen) atoms. The highest BCUT2D eigenvalue weighted by Crippen LogP contribution is 2.17. The van der Waals surface area contributed by atoms with Crippen LogP contribution in [0.5, 0.6) is 0 Å². The highest BCUT2D eigenvalue weighted by atomic mass is 16.1. The first-order chi connectivity index (χ1) is 9.29. The van der Waals surface area contributed by atoms with E-state index in [4.69, 9.17) is 0 Å². The molecule has 1 aromatic rings. The molecule has 1 N–H and O–H groups in total. The topological polar surface area (TPSA) is 32.3 Å². The van der Waals surface area contributed by atoms with E-state index in [-0.39, 0.29) is 13.4 Å². The Kier molecular flexibility index (Phi) is 5.40. The van der Waals surface area contributed by atoms with E-state index in [2.05, 4.69) is 22.3 Å². The van der Waals surface area contributed by atoms with Gasteiger partial charge in [-0.2, -0.15) is 0 Å². The normalized spacial score (nSPS) is 17.9. The molecule has 0 unspecified atom stereocenters. The number of likely N-dealkylation sites (tertiary alicyclic amines) is 1. The van der Waals surface area contributed by atoms with Crippen LogP contribution in [0.4, 0.5) is 0 Å². The molecule has 1 saturated heterocycles. The van der Waals surface area contributed by atoms with Gasteiger partial charge in [0.2, 0.25) is 5.91 Å². The predicted molar refractivity (Wildman–Crippen MR) is 80.0 cm³/mol. The number of benzene rings is 1. The van der Waals surface area contributed by atoms with E-state index in [0.29, 0.717) is 6.42 Å². The summed E-state index contributed by atoms with van der Waals surface area (Å²) in [5.41, 5.74) is 1.20. The van der Waals surface area contributed by atoms with Crippen molar-refractivity contribution >= 4 is 5.91 Å². The summed E-state index contributed by atoms with van der Waals surface area (Å²) in [4.78, 5) is 14.2. The molecule has 1 amide bonds. The van der Waals surface area contributed by atoms with Gasteiger partial charge in [0.05, 0.1) is 6.04 Å². The Balaban J connectivity index is 0.00000200. The van der Waals surface area contributed by atoms with Crippen molar-refractivity contribution in [3.05, 3.63) is 35.9 Å². The number of nitrogens with zero attached hydrogens (tertiary/aromatic N) is 1. The molecule has 0 saturated carbocycles. The molecule has 2 rings (SSSR count). The van der Waals surface area contributed by atoms with Crippen molar-refractivity contribution in [2.45, 2.75) is 38.6 Å². The molecule has 0 spiro atoms. The highest BCUT2D eigenvalue weighted by Gasteiger charge is 2.19. The second kappa shape index (κ2) is 7.29. The summed E-state index contributed by atoms with van der Waals surface area (Å²) in [5.74, 6) is 0.130. The van der Waals surface area contributed by atoms with E-state index in [1.54, 1.807) is 0 Å². The number of amides is 1. The minimum atomic E-state index is 0. The minimum Gasteiger partial charge on any atom is -0.348 e. The number of hydrogen-bond acceptors (Lipinski definition) is 2. The lowest BCUT2D eigenvalue weighted by Gasteiger charge is -2.31. The van der Waals surface area contributed by atoms with Crippen LogP contribution in [0.1, 0.15) is 45.6 Å². The van der Waals surface area contributed by atoms with Gasteiger partial charge in [-0.05, 0) is 31.5 Å². The Bertz CT molecular complexity index is 391. The van der Waals surface area contributed by atoms with Crippen LogP contribution in [0.15, 0.2) is 30.3 Å². The molecule has 106 valence electrons. The molecular formula is C16H26N2O. The fourth-order valence-corrected chi connectivity index (χ4v) is 2.62. The minimum absolute atomic E-state index is 0. The number of carbonyl (C=O) groups excluding carboxylic acids is 1. The zero-order valence-electron chi connectivity index (χ0n) is 11.8. The van der Waals surface area contributed by atoms with E-state index in [9.17, 15) is 4.79 Å². The maximum absolute atomic E-state index is 11.7. The highest BCUT2D eigenvalue weighted by molar-refractivity contribution is 5.76. The van der Waals surface area contributed by atoms with Crippen molar-refractivity contribution in [2.24, 2.45) is 0 Å². The third-order valence-corrected chi connectivity index (χ3v) is 3.75. The van der Waals surface area contributed by atoms with Crippen molar-refractivity contribution in [1.82, 2.24) is 10.2 Å². The molecule has 1 aromatic carbocycles. The van der Waals surface area contributed by atoms with E-state index < -0.39 is 0 Å². The van der Waals surface area contributed by atoms with Gasteiger partial charge in [-0.25, -0.2) is 0 Å². The van der Waals surface area contributed by atoms with E-state index in [1.165, 1.54) is 24.8 Å². The first-order valence-corrected chi connectivity index (χ1v) is 7.36. The third-order valence-electron chi connectivity index (χ3n) is 3.75. The Labute approximate surface area is 117 Å². The number of piperidine rings is 1. The summed E-state index contributed by atoms with van der Waals surface area (Å²) < 4.78 is 0. The summed E-state index contributed by atoms with van der Waals surface area (Å²) in [6.45, 7) is 5.14. The lowest BCUT2D eigenvalue weighted by molar-refractivity contribution is -0.121. The summed E-state index contributed by atoms with van der Waals surface area (Å²) >= 11 is 0. The van der Waals surface area contributed by atoms with Crippen molar-refractivity contribution in [3.8, 4) is 0 Å². The van der Waals surface area contributed by atoms with Gasteiger partial charge < -0.3 is 10.2 Å². The zero-order valence-corrected chi connectivity index (χ0v) is 11.8. The van der Waals surface area contributed by atoms with Crippen LogP contribution in [0.2, 0.25) is 0 Å². The molecule has 1 aliphatic heterocycles. The second-order valence-electron chi connectivity index (χ2n) is 5.25. The van der Waals surface area contributed by atoms with Gasteiger partial charge in [-0.15, -0.1) is 0 Å². The zero-order chi connectivity index (χ0) is 13.5. The molecule has 3 heteroatoms. The van der Waals surface area contributed by atoms with Crippen LogP contribution in [-0.2, 0) is 4.79 Å². The lowest BCUT2D eigenvalue weighted by Crippen LogP contribution is -2.40. The number of nitrogens with one attached hydrogen (secondary N) is 1. The Morgan fingerprint density at radius 2 is 1.95 bits per heavy atom. The molecule has 0 bridgehead atoms. The third kappa shape index (κ3) is 4.35. The number of rotatable bonds is 5. The smallest absolute Gasteiger partial charge is 0.220 e. The molecule has 1 atom stereocenters. The molecule has 3 nitrogen and oxygen atoms in total. The standard InChI is InChI=1S/C16H24N2O.H2/c1-2-16(19)17-15(14-9-5-3-6-10-14)13-18-11-7-4-8-12-18;/h3,5-6,9-10,15H,2,4,7-8,11-13H2,1H3,(H,17,19);1H/t15-;/m1./s1. The van der Waals surface area contributed by atoms with Crippen LogP contribution in [0.3, 0.4) is 0 Å². The van der Waals surface area contributed by atoms with Crippen LogP contribution in [0.25, 0.3) is 0 Å². The van der Waals surface area contributed by atoms with Crippen LogP contribution >= 0.6 is 0 Å². The van der Waals surface area contributed by atoms with Crippen LogP contribution < -0.4 is 5.32 Å². The van der Waals surface area contributed by atoms with Crippen LogP contribution in [-0.4, -0.2) is 30.4 Å². The molecule has 1 fully saturated rings. The van der Waals surface area contributed by atoms with Crippen molar-refractivity contribution in [2.75, 3.05) is 19.6 Å². The largest absolute Gasteiger partial charge is 0.348 e. The van der Waals surface area contributed by atoms with Gasteiger partial charge >= 0.3 is 0 Å². The Morgan fingerprint density at radius 3 is 2.58 bits per heavy atom. The van der Waals surface area contributed by atoms with Crippen molar-refractivity contribution < 1.29 is 6.22 Å². The average Bonchev–Trinajstić information content (AvgIpc) is 2.48. The molecule has 1 aliphatic rings. The van der Waals surface area contributed by atoms with Gasteiger partial charge in [0, 0.05) is 14.4 Å². The second-order valence-corrected chi connectivity index (χ2v) is 5.25. The maximum Gasteiger partial charge on any atom is 0.220 e. The molecular weight excluding hydrogens is 236 g/mol. The summed E-state index contributed by atoms with van der Waals surface area (Å²) in [5, 5.41) is 3.15. The molecule has 0 radical (unpaired) electrons. The van der Waals surface area contributed by atoms with Crippen molar-refractivity contribution in [1.29, 1.82) is 0 Å². The molecule has 1 heterocycles. The van der Waals surface area contributed by atoms with Gasteiger partial charge in [0.15, 0.2) is 0 Å². The van der Waals surface area contributed by atoms with Gasteiger partial charge in [0.1, 0.15) is 0 Å². The predicted octanol–water partition coefficient (Wildman–Crippen LogP) is 2.99. The molecule has 0 aliphatic carbocycles. The molecule has 0 aromatic heterocycles. The van der Waals surface area contributed by atoms with Crippen LogP contribution in [0, 0.1) is 0 Å². The van der Waals surface area contributed by atoms with Gasteiger partial charge in [-0.1, -0.05) is 43.7 Å². The first-order valence-electron chi connectivity index (χ1n) is 7.36. The Hall–Kier alpha value is -1.35. The van der Waals surface area contributed by atoms with Crippen molar-refractivity contribution in [3.63, 3.8) is 0 Å². The number of carbonyl (C=O) groups is 1. The summed E-state index contributed by atoms with van der Waals surface area (Å²) in [6, 6.07) is 10.4. The number of hydrogen-bond donors (Lipinski definition) is 1. The summed E-state index contributed by atoms with van der Waals surface area (Å²) in [6.07, 6.45) is 4.45. The monoisotopic (exact) mass is 262 g/mol.